The van der Waals surface area contributed by atoms with Crippen LogP contribution in [0.2, 0.25) is 0 Å². The Kier molecular flexibility index (Phi) is 4.04. The van der Waals surface area contributed by atoms with E-state index in [2.05, 4.69) is 24.3 Å². The van der Waals surface area contributed by atoms with Gasteiger partial charge in [-0.05, 0) is 36.1 Å². The van der Waals surface area contributed by atoms with Crippen molar-refractivity contribution in [3.8, 4) is 5.75 Å². The molecule has 0 saturated carbocycles. The van der Waals surface area contributed by atoms with E-state index in [9.17, 15) is 4.79 Å². The van der Waals surface area contributed by atoms with Gasteiger partial charge in [-0.3, -0.25) is 4.79 Å². The van der Waals surface area contributed by atoms with Crippen LogP contribution in [0.15, 0.2) is 53.6 Å². The Balaban J connectivity index is 1.81. The van der Waals surface area contributed by atoms with Crippen molar-refractivity contribution in [1.82, 2.24) is 5.01 Å². The summed E-state index contributed by atoms with van der Waals surface area (Å²) in [6.07, 6.45) is 2.46. The van der Waals surface area contributed by atoms with Crippen molar-refractivity contribution in [3.05, 3.63) is 65.2 Å². The number of methoxy groups -OCH3 is 1. The van der Waals surface area contributed by atoms with Crippen molar-refractivity contribution >= 4 is 11.6 Å². The lowest BCUT2D eigenvalue weighted by Crippen LogP contribution is -2.31. The molecule has 0 bridgehead atoms. The predicted octanol–water partition coefficient (Wildman–Crippen LogP) is 3.96. The SMILES string of the molecule is CCC(=O)N1N=C2c3cc(OC)ccc3CCC2C1c1ccccc1. The molecule has 0 radical (unpaired) electrons. The highest BCUT2D eigenvalue weighted by Gasteiger charge is 2.43. The van der Waals surface area contributed by atoms with Gasteiger partial charge in [0, 0.05) is 17.9 Å². The van der Waals surface area contributed by atoms with Crippen LogP contribution in [0.25, 0.3) is 0 Å². The lowest BCUT2D eigenvalue weighted by atomic mass is 9.77. The first-order valence-corrected chi connectivity index (χ1v) is 8.85. The maximum Gasteiger partial charge on any atom is 0.242 e. The second-order valence-corrected chi connectivity index (χ2v) is 6.60. The molecule has 1 heterocycles. The number of carbonyl (C=O) groups is 1. The Morgan fingerprint density at radius 1 is 1.24 bits per heavy atom. The number of aryl methyl sites for hydroxylation is 1. The van der Waals surface area contributed by atoms with Crippen molar-refractivity contribution in [1.29, 1.82) is 0 Å². The number of carbonyl (C=O) groups excluding carboxylic acids is 1. The molecule has 4 rings (SSSR count). The molecule has 2 unspecified atom stereocenters. The first kappa shape index (κ1) is 15.9. The highest BCUT2D eigenvalue weighted by Crippen LogP contribution is 2.44. The van der Waals surface area contributed by atoms with Crippen LogP contribution in [-0.2, 0) is 11.2 Å². The predicted molar refractivity (Wildman–Crippen MR) is 97.7 cm³/mol. The first-order chi connectivity index (χ1) is 12.2. The highest BCUT2D eigenvalue weighted by molar-refractivity contribution is 6.07. The Morgan fingerprint density at radius 2 is 2.04 bits per heavy atom. The Bertz CT molecular complexity index is 829. The van der Waals surface area contributed by atoms with Gasteiger partial charge in [-0.25, -0.2) is 5.01 Å². The van der Waals surface area contributed by atoms with Crippen LogP contribution in [0.5, 0.6) is 5.75 Å². The molecule has 128 valence electrons. The minimum absolute atomic E-state index is 0.0111. The summed E-state index contributed by atoms with van der Waals surface area (Å²) in [4.78, 5) is 12.6. The molecule has 2 aromatic rings. The molecule has 1 aliphatic carbocycles. The molecule has 2 aromatic carbocycles. The number of fused-ring (bicyclic) bond motifs is 3. The summed E-state index contributed by atoms with van der Waals surface area (Å²) in [6.45, 7) is 1.89. The molecule has 0 N–H and O–H groups in total. The summed E-state index contributed by atoms with van der Waals surface area (Å²) in [5, 5.41) is 6.51. The van der Waals surface area contributed by atoms with Crippen LogP contribution < -0.4 is 4.74 Å². The van der Waals surface area contributed by atoms with E-state index in [1.165, 1.54) is 5.56 Å². The third kappa shape index (κ3) is 2.62. The van der Waals surface area contributed by atoms with E-state index < -0.39 is 0 Å². The summed E-state index contributed by atoms with van der Waals surface area (Å²) in [5.74, 6) is 1.14. The molecular formula is C21H22N2O2. The summed E-state index contributed by atoms with van der Waals surface area (Å²) in [6, 6.07) is 16.4. The molecule has 4 nitrogen and oxygen atoms in total. The highest BCUT2D eigenvalue weighted by atomic mass is 16.5. The second kappa shape index (κ2) is 6.36. The Hall–Kier alpha value is -2.62. The smallest absolute Gasteiger partial charge is 0.242 e. The molecule has 2 atom stereocenters. The van der Waals surface area contributed by atoms with Crippen LogP contribution in [0.4, 0.5) is 0 Å². The fraction of sp³-hybridized carbons (Fsp3) is 0.333. The average molecular weight is 334 g/mol. The van der Waals surface area contributed by atoms with E-state index in [1.54, 1.807) is 12.1 Å². The zero-order valence-electron chi connectivity index (χ0n) is 14.6. The fourth-order valence-corrected chi connectivity index (χ4v) is 3.97. The van der Waals surface area contributed by atoms with E-state index in [-0.39, 0.29) is 17.9 Å². The number of ether oxygens (including phenoxy) is 1. The minimum Gasteiger partial charge on any atom is -0.497 e. The zero-order valence-corrected chi connectivity index (χ0v) is 14.6. The number of benzene rings is 2. The van der Waals surface area contributed by atoms with Crippen molar-refractivity contribution in [2.45, 2.75) is 32.2 Å². The third-order valence-electron chi connectivity index (χ3n) is 5.23. The summed E-state index contributed by atoms with van der Waals surface area (Å²) < 4.78 is 5.40. The van der Waals surface area contributed by atoms with Gasteiger partial charge in [0.15, 0.2) is 0 Å². The standard InChI is InChI=1S/C21H22N2O2/c1-3-19(24)23-21(15-7-5-4-6-8-15)17-12-10-14-9-11-16(25-2)13-18(14)20(17)22-23/h4-9,11,13,17,21H,3,10,12H2,1-2H3. The maximum absolute atomic E-state index is 12.6. The first-order valence-electron chi connectivity index (χ1n) is 8.85. The largest absolute Gasteiger partial charge is 0.497 e. The lowest BCUT2D eigenvalue weighted by molar-refractivity contribution is -0.133. The number of amides is 1. The van der Waals surface area contributed by atoms with Crippen LogP contribution in [0, 0.1) is 5.92 Å². The molecule has 1 aliphatic heterocycles. The zero-order chi connectivity index (χ0) is 17.4. The molecule has 1 amide bonds. The van der Waals surface area contributed by atoms with E-state index in [4.69, 9.17) is 9.84 Å². The molecule has 0 aromatic heterocycles. The van der Waals surface area contributed by atoms with Crippen LogP contribution in [0.1, 0.15) is 42.5 Å². The molecular weight excluding hydrogens is 312 g/mol. The Morgan fingerprint density at radius 3 is 2.76 bits per heavy atom. The number of nitrogens with zero attached hydrogens (tertiary/aromatic N) is 2. The maximum atomic E-state index is 12.6. The van der Waals surface area contributed by atoms with Gasteiger partial charge in [-0.2, -0.15) is 5.10 Å². The molecule has 0 fully saturated rings. The molecule has 4 heteroatoms. The van der Waals surface area contributed by atoms with E-state index in [1.807, 2.05) is 31.2 Å². The van der Waals surface area contributed by atoms with Crippen LogP contribution in [-0.4, -0.2) is 23.7 Å². The van der Waals surface area contributed by atoms with Crippen LogP contribution >= 0.6 is 0 Å². The van der Waals surface area contributed by atoms with Gasteiger partial charge >= 0.3 is 0 Å². The number of hydrazone groups is 1. The number of hydrogen-bond donors (Lipinski definition) is 0. The average Bonchev–Trinajstić information content (AvgIpc) is 3.07. The summed E-state index contributed by atoms with van der Waals surface area (Å²) in [7, 11) is 1.68. The van der Waals surface area contributed by atoms with E-state index in [0.29, 0.717) is 6.42 Å². The van der Waals surface area contributed by atoms with Gasteiger partial charge in [-0.15, -0.1) is 0 Å². The third-order valence-corrected chi connectivity index (χ3v) is 5.23. The van der Waals surface area contributed by atoms with Gasteiger partial charge in [0.25, 0.3) is 0 Å². The van der Waals surface area contributed by atoms with Gasteiger partial charge in [0.05, 0.1) is 18.9 Å². The minimum atomic E-state index is -0.0111. The molecule has 0 saturated heterocycles. The molecule has 25 heavy (non-hydrogen) atoms. The van der Waals surface area contributed by atoms with Crippen molar-refractivity contribution in [3.63, 3.8) is 0 Å². The van der Waals surface area contributed by atoms with E-state index >= 15 is 0 Å². The lowest BCUT2D eigenvalue weighted by Gasteiger charge is -2.29. The fourth-order valence-electron chi connectivity index (χ4n) is 3.97. The van der Waals surface area contributed by atoms with E-state index in [0.717, 1.165) is 35.4 Å². The topological polar surface area (TPSA) is 41.9 Å². The van der Waals surface area contributed by atoms with Crippen molar-refractivity contribution < 1.29 is 9.53 Å². The van der Waals surface area contributed by atoms with Gasteiger partial charge in [0.1, 0.15) is 5.75 Å². The second-order valence-electron chi connectivity index (χ2n) is 6.60. The number of rotatable bonds is 3. The molecule has 2 aliphatic rings. The van der Waals surface area contributed by atoms with Crippen LogP contribution in [0.3, 0.4) is 0 Å². The molecule has 0 spiro atoms. The van der Waals surface area contributed by atoms with Crippen molar-refractivity contribution in [2.24, 2.45) is 11.0 Å². The number of hydrogen-bond acceptors (Lipinski definition) is 3. The van der Waals surface area contributed by atoms with Gasteiger partial charge in [0.2, 0.25) is 5.91 Å². The monoisotopic (exact) mass is 334 g/mol. The normalized spacial score (nSPS) is 21.4. The van der Waals surface area contributed by atoms with Gasteiger partial charge in [-0.1, -0.05) is 43.3 Å². The Labute approximate surface area is 148 Å². The van der Waals surface area contributed by atoms with Gasteiger partial charge < -0.3 is 4.74 Å². The quantitative estimate of drug-likeness (QED) is 0.853. The summed E-state index contributed by atoms with van der Waals surface area (Å²) in [5.41, 5.74) is 4.59. The summed E-state index contributed by atoms with van der Waals surface area (Å²) >= 11 is 0. The van der Waals surface area contributed by atoms with Crippen molar-refractivity contribution in [2.75, 3.05) is 7.11 Å².